The first kappa shape index (κ1) is 23.2. The van der Waals surface area contributed by atoms with Crippen LogP contribution >= 0.6 is 11.8 Å². The number of aliphatic imine (C=N–C) groups is 1. The number of thioether (sulfide) groups is 1. The van der Waals surface area contributed by atoms with E-state index in [1.165, 1.54) is 40.9 Å². The second-order valence-electron chi connectivity index (χ2n) is 7.71. The molecule has 10 heteroatoms. The molecule has 168 valence electrons. The van der Waals surface area contributed by atoms with Crippen molar-refractivity contribution in [1.82, 2.24) is 20.2 Å². The second-order valence-corrected chi connectivity index (χ2v) is 8.71. The summed E-state index contributed by atoms with van der Waals surface area (Å²) in [6, 6.07) is 3.86. The molecule has 0 bridgehead atoms. The monoisotopic (exact) mass is 449 g/mol. The average Bonchev–Trinajstić information content (AvgIpc) is 3.10. The Morgan fingerprint density at radius 1 is 1.32 bits per heavy atom. The fraction of sp³-hybridized carbons (Fsp3) is 0.476. The molecule has 0 spiro atoms. The summed E-state index contributed by atoms with van der Waals surface area (Å²) in [6.45, 7) is 2.98. The molecule has 3 rings (SSSR count). The summed E-state index contributed by atoms with van der Waals surface area (Å²) in [5.41, 5.74) is 3.53. The Morgan fingerprint density at radius 2 is 2.13 bits per heavy atom. The predicted octanol–water partition coefficient (Wildman–Crippen LogP) is 2.78. The van der Waals surface area contributed by atoms with Crippen LogP contribution in [0.4, 0.5) is 9.18 Å². The molecule has 1 fully saturated rings. The largest absolute Gasteiger partial charge is 0.414 e. The third-order valence-corrected chi connectivity index (χ3v) is 5.82. The van der Waals surface area contributed by atoms with Gasteiger partial charge in [0, 0.05) is 32.2 Å². The van der Waals surface area contributed by atoms with Crippen LogP contribution < -0.4 is 10.2 Å². The molecule has 0 saturated carbocycles. The molecular weight excluding hydrogens is 421 g/mol. The zero-order valence-corrected chi connectivity index (χ0v) is 18.9. The summed E-state index contributed by atoms with van der Waals surface area (Å²) in [5.74, 6) is -0.689. The summed E-state index contributed by atoms with van der Waals surface area (Å²) >= 11 is 1.22. The van der Waals surface area contributed by atoms with Gasteiger partial charge in [0.2, 0.25) is 0 Å². The third kappa shape index (κ3) is 6.52. The van der Waals surface area contributed by atoms with E-state index in [-0.39, 0.29) is 5.75 Å². The van der Waals surface area contributed by atoms with Gasteiger partial charge in [-0.25, -0.2) is 14.6 Å². The number of halogens is 1. The number of carbonyl (C=O) groups is 2. The third-order valence-electron chi connectivity index (χ3n) is 4.82. The standard InChI is InChI=1S/C21H28FN5O3S/c1-25(2)10-6-11-26(3)21(29)30-17-8-7-16(22)13-15(17)14-18-19(28)24-20(31-18)27-12-5-4-9-23-27/h7-8,13-14,23H,4-6,9-12H2,1-3H3/b18-14+. The lowest BCUT2D eigenvalue weighted by atomic mass is 10.2. The summed E-state index contributed by atoms with van der Waals surface area (Å²) in [7, 11) is 5.59. The highest BCUT2D eigenvalue weighted by atomic mass is 32.2. The van der Waals surface area contributed by atoms with Gasteiger partial charge in [0.1, 0.15) is 11.6 Å². The van der Waals surface area contributed by atoms with Crippen molar-refractivity contribution in [3.8, 4) is 5.75 Å². The van der Waals surface area contributed by atoms with E-state index in [9.17, 15) is 14.0 Å². The molecule has 1 N–H and O–H groups in total. The van der Waals surface area contributed by atoms with Gasteiger partial charge >= 0.3 is 6.09 Å². The normalized spacial score (nSPS) is 18.0. The number of nitrogens with zero attached hydrogens (tertiary/aromatic N) is 4. The van der Waals surface area contributed by atoms with Gasteiger partial charge < -0.3 is 14.5 Å². The first-order valence-electron chi connectivity index (χ1n) is 10.2. The molecule has 2 aliphatic rings. The van der Waals surface area contributed by atoms with Crippen molar-refractivity contribution in [2.24, 2.45) is 4.99 Å². The van der Waals surface area contributed by atoms with Gasteiger partial charge in [-0.05, 0) is 75.9 Å². The number of hydrazine groups is 1. The summed E-state index contributed by atoms with van der Waals surface area (Å²) in [5, 5.41) is 2.44. The number of amides is 2. The minimum Gasteiger partial charge on any atom is -0.410 e. The van der Waals surface area contributed by atoms with E-state index in [4.69, 9.17) is 4.74 Å². The fourth-order valence-electron chi connectivity index (χ4n) is 3.12. The summed E-state index contributed by atoms with van der Waals surface area (Å²) in [6.07, 6.45) is 3.88. The number of amidine groups is 1. The zero-order valence-electron chi connectivity index (χ0n) is 18.1. The van der Waals surface area contributed by atoms with Gasteiger partial charge in [0.05, 0.1) is 4.91 Å². The summed E-state index contributed by atoms with van der Waals surface area (Å²) in [4.78, 5) is 32.8. The maximum absolute atomic E-state index is 13.9. The van der Waals surface area contributed by atoms with Crippen LogP contribution in [-0.4, -0.2) is 79.3 Å². The first-order valence-corrected chi connectivity index (χ1v) is 11.1. The lowest BCUT2D eigenvalue weighted by Crippen LogP contribution is -2.45. The Labute approximate surface area is 186 Å². The van der Waals surface area contributed by atoms with Crippen LogP contribution in [0.2, 0.25) is 0 Å². The van der Waals surface area contributed by atoms with Crippen LogP contribution in [0.25, 0.3) is 6.08 Å². The quantitative estimate of drug-likeness (QED) is 0.669. The molecule has 0 aliphatic carbocycles. The van der Waals surface area contributed by atoms with E-state index >= 15 is 0 Å². The van der Waals surface area contributed by atoms with Crippen molar-refractivity contribution in [3.63, 3.8) is 0 Å². The van der Waals surface area contributed by atoms with E-state index in [1.54, 1.807) is 7.05 Å². The Morgan fingerprint density at radius 3 is 2.84 bits per heavy atom. The van der Waals surface area contributed by atoms with E-state index in [0.29, 0.717) is 22.2 Å². The summed E-state index contributed by atoms with van der Waals surface area (Å²) < 4.78 is 19.4. The molecule has 1 saturated heterocycles. The molecule has 0 radical (unpaired) electrons. The lowest BCUT2D eigenvalue weighted by molar-refractivity contribution is -0.113. The molecule has 2 heterocycles. The number of benzene rings is 1. The van der Waals surface area contributed by atoms with Crippen LogP contribution in [-0.2, 0) is 4.79 Å². The lowest BCUT2D eigenvalue weighted by Gasteiger charge is -2.28. The van der Waals surface area contributed by atoms with Gasteiger partial charge in [-0.2, -0.15) is 4.99 Å². The van der Waals surface area contributed by atoms with E-state index < -0.39 is 17.8 Å². The SMILES string of the molecule is CN(C)CCCN(C)C(=O)Oc1ccc(F)cc1/C=C1/SC(N2CCCCN2)=NC1=O. The van der Waals surface area contributed by atoms with Gasteiger partial charge in [0.25, 0.3) is 5.91 Å². The molecule has 0 aromatic heterocycles. The minimum absolute atomic E-state index is 0.191. The fourth-order valence-corrected chi connectivity index (χ4v) is 4.03. The van der Waals surface area contributed by atoms with Crippen LogP contribution in [0.1, 0.15) is 24.8 Å². The van der Waals surface area contributed by atoms with Gasteiger partial charge in [0.15, 0.2) is 5.17 Å². The van der Waals surface area contributed by atoms with E-state index in [2.05, 4.69) is 10.4 Å². The topological polar surface area (TPSA) is 77.5 Å². The zero-order chi connectivity index (χ0) is 22.4. The highest BCUT2D eigenvalue weighted by Gasteiger charge is 2.27. The molecule has 1 aromatic carbocycles. The van der Waals surface area contributed by atoms with Crippen molar-refractivity contribution in [3.05, 3.63) is 34.5 Å². The first-order chi connectivity index (χ1) is 14.8. The van der Waals surface area contributed by atoms with Crippen molar-refractivity contribution in [2.45, 2.75) is 19.3 Å². The molecule has 2 amide bonds. The Kier molecular flexibility index (Phi) is 8.05. The molecule has 2 aliphatic heterocycles. The van der Waals surface area contributed by atoms with E-state index in [1.807, 2.05) is 24.0 Å². The smallest absolute Gasteiger partial charge is 0.410 e. The minimum atomic E-state index is -0.537. The number of hydrogen-bond acceptors (Lipinski definition) is 7. The number of rotatable bonds is 6. The van der Waals surface area contributed by atoms with Crippen LogP contribution in [0, 0.1) is 5.82 Å². The highest BCUT2D eigenvalue weighted by Crippen LogP contribution is 2.33. The molecule has 0 unspecified atom stereocenters. The van der Waals surface area contributed by atoms with Crippen molar-refractivity contribution in [2.75, 3.05) is 47.3 Å². The van der Waals surface area contributed by atoms with Crippen molar-refractivity contribution >= 4 is 35.0 Å². The number of hydrogen-bond donors (Lipinski definition) is 1. The average molecular weight is 450 g/mol. The number of ether oxygens (including phenoxy) is 1. The second kappa shape index (κ2) is 10.7. The molecular formula is C21H28FN5O3S. The van der Waals surface area contributed by atoms with Gasteiger partial charge in [-0.3, -0.25) is 9.80 Å². The number of nitrogens with one attached hydrogen (secondary N) is 1. The molecule has 31 heavy (non-hydrogen) atoms. The van der Waals surface area contributed by atoms with Crippen LogP contribution in [0.5, 0.6) is 5.75 Å². The Hall–Kier alpha value is -2.43. The maximum atomic E-state index is 13.9. The highest BCUT2D eigenvalue weighted by molar-refractivity contribution is 8.18. The Bertz CT molecular complexity index is 884. The van der Waals surface area contributed by atoms with Crippen molar-refractivity contribution in [1.29, 1.82) is 0 Å². The van der Waals surface area contributed by atoms with Gasteiger partial charge in [-0.1, -0.05) is 0 Å². The Balaban J connectivity index is 1.70. The molecule has 8 nitrogen and oxygen atoms in total. The molecule has 1 aromatic rings. The van der Waals surface area contributed by atoms with Gasteiger partial charge in [-0.15, -0.1) is 0 Å². The maximum Gasteiger partial charge on any atom is 0.414 e. The van der Waals surface area contributed by atoms with Crippen LogP contribution in [0.3, 0.4) is 0 Å². The number of carbonyl (C=O) groups excluding carboxylic acids is 2. The van der Waals surface area contributed by atoms with Crippen molar-refractivity contribution < 1.29 is 18.7 Å². The predicted molar refractivity (Wildman–Crippen MR) is 120 cm³/mol. The molecule has 0 atom stereocenters. The van der Waals surface area contributed by atoms with E-state index in [0.717, 1.165) is 38.9 Å². The van der Waals surface area contributed by atoms with Crippen LogP contribution in [0.15, 0.2) is 28.1 Å².